The molecule has 0 radical (unpaired) electrons. The van der Waals surface area contributed by atoms with Gasteiger partial charge in [0, 0.05) is 12.6 Å². The van der Waals surface area contributed by atoms with E-state index in [9.17, 15) is 4.79 Å². The van der Waals surface area contributed by atoms with Gasteiger partial charge in [-0.15, -0.1) is 0 Å². The number of aryl methyl sites for hydroxylation is 1. The average molecular weight is 464 g/mol. The second-order valence-corrected chi connectivity index (χ2v) is 15.1. The molecule has 0 aliphatic heterocycles. The maximum absolute atomic E-state index is 11.7. The Morgan fingerprint density at radius 1 is 1.12 bits per heavy atom. The number of Topliss-reactive ketones (excluding diaryl/α,β-unsaturated/α-hetero) is 1. The maximum Gasteiger partial charge on any atom is 0.203 e. The third kappa shape index (κ3) is 4.52. The Kier molecular flexibility index (Phi) is 5.83. The molecular weight excluding hydrogens is 430 g/mol. The van der Waals surface area contributed by atoms with Crippen LogP contribution in [-0.4, -0.2) is 28.6 Å². The van der Waals surface area contributed by atoms with Crippen molar-refractivity contribution in [3.8, 4) is 0 Å². The normalized spacial score (nSPS) is 13.7. The van der Waals surface area contributed by atoms with Gasteiger partial charge < -0.3 is 13.4 Å². The van der Waals surface area contributed by atoms with Crippen LogP contribution in [0.2, 0.25) is 18.1 Å². The molecule has 1 atom stereocenters. The fourth-order valence-electron chi connectivity index (χ4n) is 3.77. The first-order valence-corrected chi connectivity index (χ1v) is 14.3. The summed E-state index contributed by atoms with van der Waals surface area (Å²) in [6.07, 6.45) is 0.458. The van der Waals surface area contributed by atoms with Crippen LogP contribution in [0.1, 0.15) is 68.4 Å². The second kappa shape index (κ2) is 8.22. The van der Waals surface area contributed by atoms with Crippen LogP contribution in [0, 0.1) is 0 Å². The minimum absolute atomic E-state index is 0.0147. The molecule has 0 aliphatic rings. The fourth-order valence-corrected chi connectivity index (χ4v) is 5.14. The van der Waals surface area contributed by atoms with Crippen LogP contribution < -0.4 is 0 Å². The van der Waals surface area contributed by atoms with Crippen molar-refractivity contribution in [2.75, 3.05) is 0 Å². The molecule has 4 rings (SSSR count). The Morgan fingerprint density at radius 3 is 2.52 bits per heavy atom. The van der Waals surface area contributed by atoms with E-state index in [0.717, 1.165) is 33.5 Å². The number of oxazole rings is 1. The smallest absolute Gasteiger partial charge is 0.203 e. The van der Waals surface area contributed by atoms with Crippen molar-refractivity contribution in [2.45, 2.75) is 65.3 Å². The van der Waals surface area contributed by atoms with Crippen molar-refractivity contribution in [2.24, 2.45) is 7.05 Å². The lowest BCUT2D eigenvalue weighted by atomic mass is 10.1. The molecule has 174 valence electrons. The Labute approximate surface area is 196 Å². The van der Waals surface area contributed by atoms with E-state index in [-0.39, 0.29) is 16.9 Å². The Bertz CT molecular complexity index is 1340. The van der Waals surface area contributed by atoms with E-state index in [4.69, 9.17) is 13.8 Å². The Morgan fingerprint density at radius 2 is 1.85 bits per heavy atom. The second-order valence-electron chi connectivity index (χ2n) is 10.4. The molecule has 0 amide bonds. The lowest BCUT2D eigenvalue weighted by Crippen LogP contribution is -2.41. The molecule has 6 nitrogen and oxygen atoms in total. The predicted octanol–water partition coefficient (Wildman–Crippen LogP) is 6.59. The van der Waals surface area contributed by atoms with Gasteiger partial charge in [0.2, 0.25) is 5.89 Å². The van der Waals surface area contributed by atoms with Crippen LogP contribution in [-0.2, 0) is 17.9 Å². The standard InChI is InChI=1S/C26H33N3O3Si/c1-16(30)18-10-12-22-21(13-18)27-24(29(22)6)15-25-28-20-11-9-19(14-23(20)31-25)17(2)32-33(7,8)26(3,4)5/h9-14,17H,15H2,1-8H3. The third-order valence-electron chi connectivity index (χ3n) is 6.89. The molecule has 0 bridgehead atoms. The van der Waals surface area contributed by atoms with Crippen LogP contribution in [0.25, 0.3) is 22.1 Å². The van der Waals surface area contributed by atoms with E-state index in [1.54, 1.807) is 6.92 Å². The zero-order valence-corrected chi connectivity index (χ0v) is 21.8. The largest absolute Gasteiger partial charge is 0.440 e. The minimum atomic E-state index is -1.88. The van der Waals surface area contributed by atoms with Gasteiger partial charge in [0.1, 0.15) is 11.3 Å². The third-order valence-corrected chi connectivity index (χ3v) is 11.4. The van der Waals surface area contributed by atoms with Crippen LogP contribution in [0.5, 0.6) is 0 Å². The van der Waals surface area contributed by atoms with E-state index in [1.165, 1.54) is 0 Å². The van der Waals surface area contributed by atoms with Crippen molar-refractivity contribution >= 4 is 36.2 Å². The number of carbonyl (C=O) groups is 1. The number of fused-ring (bicyclic) bond motifs is 2. The van der Waals surface area contributed by atoms with E-state index in [1.807, 2.05) is 41.9 Å². The summed E-state index contributed by atoms with van der Waals surface area (Å²) in [6, 6.07) is 11.7. The van der Waals surface area contributed by atoms with Crippen LogP contribution in [0.3, 0.4) is 0 Å². The van der Waals surface area contributed by atoms with Gasteiger partial charge in [0.15, 0.2) is 19.7 Å². The number of carbonyl (C=O) groups excluding carboxylic acids is 1. The molecule has 1 unspecified atom stereocenters. The minimum Gasteiger partial charge on any atom is -0.440 e. The summed E-state index contributed by atoms with van der Waals surface area (Å²) in [5, 5.41) is 0.154. The van der Waals surface area contributed by atoms with Crippen molar-refractivity contribution < 1.29 is 13.6 Å². The maximum atomic E-state index is 11.7. The zero-order valence-electron chi connectivity index (χ0n) is 20.8. The predicted molar refractivity (Wildman–Crippen MR) is 134 cm³/mol. The van der Waals surface area contributed by atoms with Crippen LogP contribution >= 0.6 is 0 Å². The molecule has 7 heteroatoms. The van der Waals surface area contributed by atoms with E-state index >= 15 is 0 Å². The van der Waals surface area contributed by atoms with Gasteiger partial charge in [0.25, 0.3) is 0 Å². The molecule has 0 saturated carbocycles. The van der Waals surface area contributed by atoms with Gasteiger partial charge >= 0.3 is 0 Å². The van der Waals surface area contributed by atoms with E-state index in [2.05, 4.69) is 51.8 Å². The van der Waals surface area contributed by atoms with Gasteiger partial charge in [-0.25, -0.2) is 9.97 Å². The topological polar surface area (TPSA) is 70.2 Å². The molecule has 2 heterocycles. The summed E-state index contributed by atoms with van der Waals surface area (Å²) >= 11 is 0. The summed E-state index contributed by atoms with van der Waals surface area (Å²) in [6.45, 7) is 15.0. The summed E-state index contributed by atoms with van der Waals surface area (Å²) < 4.78 is 14.7. The SMILES string of the molecule is CC(=O)c1ccc2c(c1)nc(Cc1nc3ccc(C(C)O[Si](C)(C)C(C)(C)C)cc3o1)n2C. The Hall–Kier alpha value is -2.77. The molecule has 0 fully saturated rings. The van der Waals surface area contributed by atoms with Gasteiger partial charge in [-0.1, -0.05) is 26.8 Å². The molecule has 0 N–H and O–H groups in total. The first-order valence-electron chi connectivity index (χ1n) is 11.4. The number of aromatic nitrogens is 3. The quantitative estimate of drug-likeness (QED) is 0.238. The molecule has 0 aliphatic carbocycles. The van der Waals surface area contributed by atoms with Crippen molar-refractivity contribution in [1.82, 2.24) is 14.5 Å². The van der Waals surface area contributed by atoms with E-state index < -0.39 is 8.32 Å². The van der Waals surface area contributed by atoms with Gasteiger partial charge in [-0.2, -0.15) is 0 Å². The number of hydrogen-bond donors (Lipinski definition) is 0. The Balaban J connectivity index is 1.59. The van der Waals surface area contributed by atoms with Crippen molar-refractivity contribution in [1.29, 1.82) is 0 Å². The molecule has 4 aromatic rings. The monoisotopic (exact) mass is 463 g/mol. The summed E-state index contributed by atoms with van der Waals surface area (Å²) in [5.41, 5.74) is 5.11. The summed E-state index contributed by atoms with van der Waals surface area (Å²) in [4.78, 5) is 21.1. The number of ketones is 1. The first kappa shape index (κ1) is 23.4. The van der Waals surface area contributed by atoms with Gasteiger partial charge in [-0.3, -0.25) is 4.79 Å². The molecule has 2 aromatic carbocycles. The fraction of sp³-hybridized carbons (Fsp3) is 0.423. The summed E-state index contributed by atoms with van der Waals surface area (Å²) in [5.74, 6) is 1.49. The molecule has 0 saturated heterocycles. The van der Waals surface area contributed by atoms with Crippen molar-refractivity contribution in [3.05, 3.63) is 59.2 Å². The van der Waals surface area contributed by atoms with Gasteiger partial charge in [-0.05, 0) is 67.9 Å². The number of imidazole rings is 1. The van der Waals surface area contributed by atoms with Crippen LogP contribution in [0.4, 0.5) is 0 Å². The molecular formula is C26H33N3O3Si. The number of nitrogens with zero attached hydrogens (tertiary/aromatic N) is 3. The zero-order chi connectivity index (χ0) is 24.1. The molecule has 0 spiro atoms. The lowest BCUT2D eigenvalue weighted by molar-refractivity contribution is 0.101. The number of rotatable bonds is 6. The number of hydrogen-bond acceptors (Lipinski definition) is 5. The first-order chi connectivity index (χ1) is 15.4. The van der Waals surface area contributed by atoms with Gasteiger partial charge in [0.05, 0.1) is 23.6 Å². The average Bonchev–Trinajstić information content (AvgIpc) is 3.26. The number of benzene rings is 2. The highest BCUT2D eigenvalue weighted by atomic mass is 28.4. The highest BCUT2D eigenvalue weighted by Crippen LogP contribution is 2.40. The van der Waals surface area contributed by atoms with E-state index in [0.29, 0.717) is 17.9 Å². The highest BCUT2D eigenvalue weighted by molar-refractivity contribution is 6.74. The molecule has 2 aromatic heterocycles. The summed E-state index contributed by atoms with van der Waals surface area (Å²) in [7, 11) is 0.0946. The van der Waals surface area contributed by atoms with Crippen LogP contribution in [0.15, 0.2) is 40.8 Å². The lowest BCUT2D eigenvalue weighted by Gasteiger charge is -2.38. The highest BCUT2D eigenvalue weighted by Gasteiger charge is 2.38. The molecule has 33 heavy (non-hydrogen) atoms. The van der Waals surface area contributed by atoms with Crippen molar-refractivity contribution in [3.63, 3.8) is 0 Å².